The van der Waals surface area contributed by atoms with Crippen LogP contribution < -0.4 is 16.9 Å². The number of hydrogen-bond acceptors (Lipinski definition) is 3. The van der Waals surface area contributed by atoms with Gasteiger partial charge in [-0.1, -0.05) is 0 Å². The first-order valence-corrected chi connectivity index (χ1v) is 3.11. The van der Waals surface area contributed by atoms with Crippen molar-refractivity contribution in [1.29, 1.82) is 0 Å². The second-order valence-electron chi connectivity index (χ2n) is 2.24. The number of rotatable bonds is 0. The van der Waals surface area contributed by atoms with E-state index in [0.717, 1.165) is 0 Å². The number of nitrogens with one attached hydrogen (secondary N) is 4. The molecule has 0 aliphatic carbocycles. The van der Waals surface area contributed by atoms with Crippen LogP contribution in [0.15, 0.2) is 14.4 Å². The van der Waals surface area contributed by atoms with Gasteiger partial charge < -0.3 is 0 Å². The Bertz CT molecular complexity index is 588. The summed E-state index contributed by atoms with van der Waals surface area (Å²) in [6.45, 7) is 0. The number of fused-ring (bicyclic) bond motifs is 1. The van der Waals surface area contributed by atoms with E-state index in [-0.39, 0.29) is 28.5 Å². The van der Waals surface area contributed by atoms with Crippen LogP contribution in [-0.2, 0) is 17.4 Å². The molecule has 0 bridgehead atoms. The predicted molar refractivity (Wildman–Crippen MR) is 40.2 cm³/mol. The smallest absolute Gasteiger partial charge is 0.300 e. The fourth-order valence-electron chi connectivity index (χ4n) is 0.958. The van der Waals surface area contributed by atoms with Gasteiger partial charge in [-0.05, 0) is 0 Å². The maximum Gasteiger partial charge on any atom is 0.327 e. The summed E-state index contributed by atoms with van der Waals surface area (Å²) in [5.74, 6) is 0. The van der Waals surface area contributed by atoms with Gasteiger partial charge in [0.15, 0.2) is 0 Å². The summed E-state index contributed by atoms with van der Waals surface area (Å²) < 4.78 is 0. The van der Waals surface area contributed by atoms with E-state index in [2.05, 4.69) is 15.0 Å². The number of hydrogen-bond donors (Lipinski definition) is 4. The van der Waals surface area contributed by atoms with Crippen molar-refractivity contribution in [2.75, 3.05) is 0 Å². The molecule has 2 heterocycles. The van der Waals surface area contributed by atoms with Crippen LogP contribution in [0.25, 0.3) is 11.2 Å². The monoisotopic (exact) mass is 220 g/mol. The van der Waals surface area contributed by atoms with E-state index < -0.39 is 16.9 Å². The van der Waals surface area contributed by atoms with Crippen LogP contribution in [0.4, 0.5) is 0 Å². The molecule has 4 N–H and O–H groups in total. The second-order valence-corrected chi connectivity index (χ2v) is 2.24. The number of aromatic nitrogens is 4. The molecule has 0 atom stereocenters. The van der Waals surface area contributed by atoms with Crippen molar-refractivity contribution in [3.05, 3.63) is 31.3 Å². The molecule has 2 rings (SSSR count). The van der Waals surface area contributed by atoms with Crippen LogP contribution in [0, 0.1) is 0 Å². The van der Waals surface area contributed by atoms with Gasteiger partial charge >= 0.3 is 11.4 Å². The van der Waals surface area contributed by atoms with Crippen molar-refractivity contribution in [2.24, 2.45) is 0 Å². The number of H-pyrrole nitrogens is 4. The topological polar surface area (TPSA) is 114 Å². The Kier molecular flexibility index (Phi) is 2.27. The third kappa shape index (κ3) is 1.49. The van der Waals surface area contributed by atoms with Gasteiger partial charge in [0.1, 0.15) is 11.2 Å². The van der Waals surface area contributed by atoms with E-state index >= 15 is 0 Å². The van der Waals surface area contributed by atoms with E-state index in [1.165, 1.54) is 0 Å². The van der Waals surface area contributed by atoms with Crippen molar-refractivity contribution in [3.8, 4) is 0 Å². The first-order chi connectivity index (χ1) is 5.66. The molecule has 0 aliphatic heterocycles. The minimum Gasteiger partial charge on any atom is -0.300 e. The Labute approximate surface area is 80.3 Å². The maximum atomic E-state index is 10.9. The van der Waals surface area contributed by atoms with Gasteiger partial charge in [0.05, 0.1) is 0 Å². The Morgan fingerprint density at radius 2 is 1.31 bits per heavy atom. The minimum atomic E-state index is -0.650. The average molecular weight is 220 g/mol. The standard InChI is InChI=1S/C5H4N4O3.Cr/c10-3-1-2(7-4(11)6-1)8-5(12)9-3;/h(H4,6,7,8,9,10,11,12);. The molecule has 0 saturated heterocycles. The molecule has 0 saturated carbocycles. The summed E-state index contributed by atoms with van der Waals surface area (Å²) in [6, 6.07) is 0. The summed E-state index contributed by atoms with van der Waals surface area (Å²) in [6.07, 6.45) is 0. The molecule has 8 heteroatoms. The summed E-state index contributed by atoms with van der Waals surface area (Å²) in [5.41, 5.74) is -1.65. The SMILES string of the molecule is O=c1[nH]c(=O)c2[nH]c(=O)[nH]c2[nH]1.[Cr]. The Balaban J connectivity index is 0.000000845. The normalized spacial score (nSPS) is 9.85. The van der Waals surface area contributed by atoms with E-state index in [1.54, 1.807) is 0 Å². The molecular formula is C5H4CrN4O3. The molecule has 13 heavy (non-hydrogen) atoms. The van der Waals surface area contributed by atoms with Gasteiger partial charge in [0.2, 0.25) is 0 Å². The average Bonchev–Trinajstić information content (AvgIpc) is 2.29. The molecule has 7 nitrogen and oxygen atoms in total. The van der Waals surface area contributed by atoms with E-state index in [4.69, 9.17) is 0 Å². The van der Waals surface area contributed by atoms with Gasteiger partial charge in [-0.3, -0.25) is 24.7 Å². The fraction of sp³-hybridized carbons (Fsp3) is 0. The number of aromatic amines is 4. The van der Waals surface area contributed by atoms with E-state index in [0.29, 0.717) is 0 Å². The van der Waals surface area contributed by atoms with E-state index in [9.17, 15) is 14.4 Å². The van der Waals surface area contributed by atoms with Crippen LogP contribution >= 0.6 is 0 Å². The molecule has 68 valence electrons. The molecule has 0 spiro atoms. The van der Waals surface area contributed by atoms with Gasteiger partial charge in [-0.25, -0.2) is 9.59 Å². The zero-order valence-electron chi connectivity index (χ0n) is 6.13. The molecule has 0 fully saturated rings. The van der Waals surface area contributed by atoms with Gasteiger partial charge in [0.25, 0.3) is 5.56 Å². The van der Waals surface area contributed by atoms with Crippen molar-refractivity contribution in [1.82, 2.24) is 19.9 Å². The summed E-state index contributed by atoms with van der Waals surface area (Å²) in [4.78, 5) is 41.0. The predicted octanol–water partition coefficient (Wildman–Crippen LogP) is -1.77. The van der Waals surface area contributed by atoms with Crippen molar-refractivity contribution >= 4 is 11.2 Å². The van der Waals surface area contributed by atoms with E-state index in [1.807, 2.05) is 4.98 Å². The summed E-state index contributed by atoms with van der Waals surface area (Å²) in [5, 5.41) is 0. The zero-order chi connectivity index (χ0) is 8.72. The van der Waals surface area contributed by atoms with Gasteiger partial charge in [0, 0.05) is 17.4 Å². The Morgan fingerprint density at radius 3 is 1.92 bits per heavy atom. The zero-order valence-corrected chi connectivity index (χ0v) is 7.41. The molecule has 2 aromatic heterocycles. The first kappa shape index (κ1) is 9.57. The number of imidazole rings is 1. The summed E-state index contributed by atoms with van der Waals surface area (Å²) >= 11 is 0. The first-order valence-electron chi connectivity index (χ1n) is 3.11. The molecular weight excluding hydrogens is 216 g/mol. The maximum absolute atomic E-state index is 10.9. The van der Waals surface area contributed by atoms with Gasteiger partial charge in [-0.15, -0.1) is 0 Å². The second kappa shape index (κ2) is 3.08. The van der Waals surface area contributed by atoms with Crippen LogP contribution in [-0.4, -0.2) is 19.9 Å². The molecule has 0 amide bonds. The third-order valence-corrected chi connectivity index (χ3v) is 1.42. The molecule has 0 unspecified atom stereocenters. The molecule has 0 aliphatic rings. The molecule has 0 aromatic carbocycles. The van der Waals surface area contributed by atoms with Crippen LogP contribution in [0.3, 0.4) is 0 Å². The van der Waals surface area contributed by atoms with Crippen molar-refractivity contribution < 1.29 is 17.4 Å². The Morgan fingerprint density at radius 1 is 0.769 bits per heavy atom. The van der Waals surface area contributed by atoms with Crippen LogP contribution in [0.1, 0.15) is 0 Å². The minimum absolute atomic E-state index is 0. The van der Waals surface area contributed by atoms with Crippen LogP contribution in [0.2, 0.25) is 0 Å². The van der Waals surface area contributed by atoms with Gasteiger partial charge in [-0.2, -0.15) is 0 Å². The van der Waals surface area contributed by atoms with Crippen molar-refractivity contribution in [3.63, 3.8) is 0 Å². The van der Waals surface area contributed by atoms with Crippen molar-refractivity contribution in [2.45, 2.75) is 0 Å². The fourth-order valence-corrected chi connectivity index (χ4v) is 0.958. The molecule has 2 aromatic rings. The quantitative estimate of drug-likeness (QED) is 0.421. The molecule has 0 radical (unpaired) electrons. The third-order valence-electron chi connectivity index (χ3n) is 1.42. The Hall–Kier alpha value is -1.52. The summed E-state index contributed by atoms with van der Waals surface area (Å²) in [7, 11) is 0. The van der Waals surface area contributed by atoms with Crippen LogP contribution in [0.5, 0.6) is 0 Å². The largest absolute Gasteiger partial charge is 0.327 e.